The summed E-state index contributed by atoms with van der Waals surface area (Å²) in [5, 5.41) is 14.4. The van der Waals surface area contributed by atoms with Crippen LogP contribution in [0.5, 0.6) is 0 Å². The quantitative estimate of drug-likeness (QED) is 0.797. The van der Waals surface area contributed by atoms with Gasteiger partial charge in [0.2, 0.25) is 0 Å². The van der Waals surface area contributed by atoms with E-state index in [1.807, 2.05) is 31.2 Å². The Balaban J connectivity index is 1.68. The molecule has 26 heavy (non-hydrogen) atoms. The van der Waals surface area contributed by atoms with Crippen LogP contribution in [0.3, 0.4) is 0 Å². The van der Waals surface area contributed by atoms with E-state index in [1.54, 1.807) is 18.2 Å². The number of aliphatic hydroxyl groups is 1. The zero-order valence-electron chi connectivity index (χ0n) is 14.6. The molecule has 134 valence electrons. The van der Waals surface area contributed by atoms with Crippen LogP contribution >= 0.6 is 11.6 Å². The molecule has 2 aromatic rings. The lowest BCUT2D eigenvalue weighted by Crippen LogP contribution is -2.45. The van der Waals surface area contributed by atoms with Crippen LogP contribution in [0.25, 0.3) is 0 Å². The molecular formula is C21H21ClN2O2. The van der Waals surface area contributed by atoms with Crippen molar-refractivity contribution in [1.29, 1.82) is 0 Å². The van der Waals surface area contributed by atoms with Crippen molar-refractivity contribution in [2.45, 2.75) is 44.2 Å². The molecule has 0 saturated heterocycles. The summed E-state index contributed by atoms with van der Waals surface area (Å²) in [7, 11) is 0. The van der Waals surface area contributed by atoms with Crippen molar-refractivity contribution >= 4 is 17.5 Å². The Morgan fingerprint density at radius 2 is 2.15 bits per heavy atom. The minimum atomic E-state index is -1.11. The summed E-state index contributed by atoms with van der Waals surface area (Å²) in [6, 6.07) is 12.5. The number of hydrogen-bond donors (Lipinski definition) is 2. The fourth-order valence-electron chi connectivity index (χ4n) is 3.17. The van der Waals surface area contributed by atoms with Gasteiger partial charge in [-0.25, -0.2) is 4.98 Å². The van der Waals surface area contributed by atoms with Crippen LogP contribution in [0.1, 0.15) is 47.4 Å². The maximum Gasteiger partial charge on any atom is 0.270 e. The zero-order chi connectivity index (χ0) is 18.6. The highest BCUT2D eigenvalue weighted by atomic mass is 35.5. The van der Waals surface area contributed by atoms with Gasteiger partial charge in [-0.3, -0.25) is 4.79 Å². The summed E-state index contributed by atoms with van der Waals surface area (Å²) in [4.78, 5) is 16.6. The van der Waals surface area contributed by atoms with E-state index in [9.17, 15) is 9.90 Å². The molecule has 0 spiro atoms. The second-order valence-electron chi connectivity index (χ2n) is 6.72. The van der Waals surface area contributed by atoms with Gasteiger partial charge in [-0.1, -0.05) is 35.6 Å². The van der Waals surface area contributed by atoms with E-state index in [4.69, 9.17) is 11.6 Å². The number of nitrogens with one attached hydrogen (secondary N) is 1. The number of benzene rings is 1. The Hall–Kier alpha value is -2.35. The molecule has 5 heteroatoms. The maximum absolute atomic E-state index is 12.4. The van der Waals surface area contributed by atoms with Crippen molar-refractivity contribution in [1.82, 2.24) is 10.3 Å². The monoisotopic (exact) mass is 368 g/mol. The van der Waals surface area contributed by atoms with Gasteiger partial charge in [0, 0.05) is 28.7 Å². The Labute approximate surface area is 158 Å². The average molecular weight is 369 g/mol. The minimum Gasteiger partial charge on any atom is -0.378 e. The zero-order valence-corrected chi connectivity index (χ0v) is 15.4. The number of aryl methyl sites for hydroxylation is 1. The highest BCUT2D eigenvalue weighted by Crippen LogP contribution is 2.28. The number of nitrogens with zero attached hydrogens (tertiary/aromatic N) is 1. The maximum atomic E-state index is 12.4. The van der Waals surface area contributed by atoms with Crippen molar-refractivity contribution in [3.63, 3.8) is 0 Å². The first-order valence-corrected chi connectivity index (χ1v) is 9.07. The molecule has 0 bridgehead atoms. The fraction of sp³-hybridized carbons (Fsp3) is 0.333. The number of rotatable bonds is 2. The van der Waals surface area contributed by atoms with E-state index in [2.05, 4.69) is 22.1 Å². The first-order chi connectivity index (χ1) is 12.4. The van der Waals surface area contributed by atoms with Crippen LogP contribution in [0.2, 0.25) is 5.02 Å². The Morgan fingerprint density at radius 3 is 2.92 bits per heavy atom. The molecule has 1 heterocycles. The molecule has 1 saturated carbocycles. The smallest absolute Gasteiger partial charge is 0.270 e. The third kappa shape index (κ3) is 4.85. The number of carbonyl (C=O) groups excluding carboxylic acids is 1. The summed E-state index contributed by atoms with van der Waals surface area (Å²) in [5.74, 6) is 5.76. The number of hydrogen-bond acceptors (Lipinski definition) is 3. The molecule has 1 amide bonds. The van der Waals surface area contributed by atoms with Crippen molar-refractivity contribution in [2.24, 2.45) is 0 Å². The topological polar surface area (TPSA) is 62.2 Å². The molecule has 3 rings (SSSR count). The summed E-state index contributed by atoms with van der Waals surface area (Å²) in [6.45, 7) is 1.85. The molecular weight excluding hydrogens is 348 g/mol. The number of pyridine rings is 1. The Bertz CT molecular complexity index is 872. The van der Waals surface area contributed by atoms with Gasteiger partial charge in [0.25, 0.3) is 5.91 Å². The number of carbonyl (C=O) groups is 1. The van der Waals surface area contributed by atoms with Gasteiger partial charge in [-0.15, -0.1) is 0 Å². The highest BCUT2D eigenvalue weighted by molar-refractivity contribution is 6.30. The van der Waals surface area contributed by atoms with Crippen molar-refractivity contribution < 1.29 is 9.90 Å². The highest BCUT2D eigenvalue weighted by Gasteiger charge is 2.33. The van der Waals surface area contributed by atoms with Crippen molar-refractivity contribution in [2.75, 3.05) is 0 Å². The molecule has 1 aliphatic rings. The third-order valence-corrected chi connectivity index (χ3v) is 4.68. The van der Waals surface area contributed by atoms with Gasteiger partial charge in [-0.2, -0.15) is 0 Å². The van der Waals surface area contributed by atoms with Gasteiger partial charge in [0.1, 0.15) is 11.3 Å². The van der Waals surface area contributed by atoms with Crippen LogP contribution in [0, 0.1) is 18.8 Å². The summed E-state index contributed by atoms with van der Waals surface area (Å²) < 4.78 is 0. The lowest BCUT2D eigenvalue weighted by atomic mass is 9.82. The van der Waals surface area contributed by atoms with E-state index >= 15 is 0 Å². The van der Waals surface area contributed by atoms with Crippen LogP contribution in [-0.4, -0.2) is 27.6 Å². The third-order valence-electron chi connectivity index (χ3n) is 4.45. The van der Waals surface area contributed by atoms with E-state index in [0.717, 1.165) is 24.1 Å². The second-order valence-corrected chi connectivity index (χ2v) is 7.16. The van der Waals surface area contributed by atoms with Crippen LogP contribution in [-0.2, 0) is 0 Å². The largest absolute Gasteiger partial charge is 0.378 e. The van der Waals surface area contributed by atoms with Gasteiger partial charge in [0.05, 0.1) is 0 Å². The minimum absolute atomic E-state index is 0.128. The lowest BCUT2D eigenvalue weighted by Gasteiger charge is -2.33. The van der Waals surface area contributed by atoms with Crippen LogP contribution in [0.15, 0.2) is 42.5 Å². The van der Waals surface area contributed by atoms with Gasteiger partial charge < -0.3 is 10.4 Å². The molecule has 4 nitrogen and oxygen atoms in total. The molecule has 2 atom stereocenters. The fourth-order valence-corrected chi connectivity index (χ4v) is 3.36. The van der Waals surface area contributed by atoms with E-state index in [-0.39, 0.29) is 11.9 Å². The lowest BCUT2D eigenvalue weighted by molar-refractivity contribution is 0.0451. The molecule has 1 fully saturated rings. The average Bonchev–Trinajstić information content (AvgIpc) is 2.60. The summed E-state index contributed by atoms with van der Waals surface area (Å²) >= 11 is 5.97. The standard InChI is InChI=1S/C21H21ClN2O2/c1-15-5-2-9-19(23-15)20(25)24-18-8-4-11-21(26,14-18)12-10-16-6-3-7-17(22)13-16/h2-3,5-7,9,13,18,26H,4,8,11,14H2,1H3,(H,24,25)/t18-,21?/m1/s1. The second kappa shape index (κ2) is 7.90. The van der Waals surface area contributed by atoms with Crippen molar-refractivity contribution in [3.8, 4) is 11.8 Å². The molecule has 1 unspecified atom stereocenters. The van der Waals surface area contributed by atoms with E-state index in [1.165, 1.54) is 0 Å². The van der Waals surface area contributed by atoms with Gasteiger partial charge in [0.15, 0.2) is 0 Å². The molecule has 0 radical (unpaired) electrons. The number of amides is 1. The van der Waals surface area contributed by atoms with E-state index in [0.29, 0.717) is 23.6 Å². The first kappa shape index (κ1) is 18.4. The Kier molecular flexibility index (Phi) is 5.61. The SMILES string of the molecule is Cc1cccc(C(=O)N[C@@H]2CCCC(O)(C#Cc3cccc(Cl)c3)C2)n1. The van der Waals surface area contributed by atoms with Crippen LogP contribution in [0.4, 0.5) is 0 Å². The van der Waals surface area contributed by atoms with Gasteiger partial charge in [-0.05, 0) is 56.5 Å². The summed E-state index contributed by atoms with van der Waals surface area (Å²) in [5.41, 5.74) is 0.841. The number of halogens is 1. The normalized spacial score (nSPS) is 22.2. The molecule has 2 N–H and O–H groups in total. The predicted octanol–water partition coefficient (Wildman–Crippen LogP) is 3.50. The first-order valence-electron chi connectivity index (χ1n) is 8.69. The molecule has 0 aliphatic heterocycles. The van der Waals surface area contributed by atoms with Gasteiger partial charge >= 0.3 is 0 Å². The molecule has 1 aliphatic carbocycles. The predicted molar refractivity (Wildman–Crippen MR) is 102 cm³/mol. The molecule has 1 aromatic heterocycles. The summed E-state index contributed by atoms with van der Waals surface area (Å²) in [6.07, 6.45) is 2.61. The molecule has 1 aromatic carbocycles. The number of aromatic nitrogens is 1. The Morgan fingerprint density at radius 1 is 1.35 bits per heavy atom. The van der Waals surface area contributed by atoms with Crippen molar-refractivity contribution in [3.05, 3.63) is 64.4 Å². The van der Waals surface area contributed by atoms with E-state index < -0.39 is 5.60 Å². The van der Waals surface area contributed by atoms with Crippen LogP contribution < -0.4 is 5.32 Å².